The van der Waals surface area contributed by atoms with Crippen LogP contribution in [0, 0.1) is 23.2 Å². The van der Waals surface area contributed by atoms with Gasteiger partial charge in [0.05, 0.1) is 12.7 Å². The van der Waals surface area contributed by atoms with Crippen LogP contribution < -0.4 is 5.32 Å². The zero-order valence-electron chi connectivity index (χ0n) is 11.6. The van der Waals surface area contributed by atoms with Gasteiger partial charge in [-0.05, 0) is 50.5 Å². The highest BCUT2D eigenvalue weighted by Gasteiger charge is 2.45. The van der Waals surface area contributed by atoms with Crippen LogP contribution in [0.25, 0.3) is 0 Å². The Hall–Kier alpha value is -0.590. The molecule has 0 spiro atoms. The maximum Gasteiger partial charge on any atom is 0.133 e. The first-order valence-corrected chi connectivity index (χ1v) is 7.55. The second-order valence-electron chi connectivity index (χ2n) is 5.95. The molecular weight excluding hydrogens is 224 g/mol. The summed E-state index contributed by atoms with van der Waals surface area (Å²) in [6, 6.07) is 2.50. The molecule has 2 saturated carbocycles. The van der Waals surface area contributed by atoms with Crippen molar-refractivity contribution >= 4 is 0 Å². The topological polar surface area (TPSA) is 45.0 Å². The van der Waals surface area contributed by atoms with E-state index in [1.54, 1.807) is 0 Å². The second kappa shape index (κ2) is 6.54. The molecule has 0 bridgehead atoms. The van der Waals surface area contributed by atoms with E-state index in [9.17, 15) is 5.26 Å². The van der Waals surface area contributed by atoms with Gasteiger partial charge in [-0.1, -0.05) is 19.8 Å². The van der Waals surface area contributed by atoms with Crippen molar-refractivity contribution in [1.82, 2.24) is 5.32 Å². The molecule has 2 fully saturated rings. The Morgan fingerprint density at radius 3 is 2.56 bits per heavy atom. The molecule has 0 heterocycles. The molecule has 0 saturated heterocycles. The van der Waals surface area contributed by atoms with Crippen molar-refractivity contribution in [3.8, 4) is 6.07 Å². The number of nitriles is 1. The summed E-state index contributed by atoms with van der Waals surface area (Å²) in [5.41, 5.74) is -0.408. The lowest BCUT2D eigenvalue weighted by molar-refractivity contribution is 0.0579. The van der Waals surface area contributed by atoms with E-state index in [0.717, 1.165) is 25.5 Å². The Kier molecular flexibility index (Phi) is 5.03. The van der Waals surface area contributed by atoms with Gasteiger partial charge < -0.3 is 4.74 Å². The molecular formula is C15H26N2O. The molecule has 2 aliphatic carbocycles. The molecule has 3 nitrogen and oxygen atoms in total. The molecule has 3 heteroatoms. The number of hydrogen-bond acceptors (Lipinski definition) is 3. The molecule has 1 unspecified atom stereocenters. The molecule has 102 valence electrons. The van der Waals surface area contributed by atoms with E-state index in [0.29, 0.717) is 12.5 Å². The third kappa shape index (κ3) is 3.46. The van der Waals surface area contributed by atoms with Gasteiger partial charge in [-0.15, -0.1) is 0 Å². The summed E-state index contributed by atoms with van der Waals surface area (Å²) < 4.78 is 5.89. The third-order valence-electron chi connectivity index (χ3n) is 4.32. The van der Waals surface area contributed by atoms with Crippen molar-refractivity contribution in [3.05, 3.63) is 0 Å². The molecule has 0 radical (unpaired) electrons. The molecule has 18 heavy (non-hydrogen) atoms. The van der Waals surface area contributed by atoms with Gasteiger partial charge in [-0.25, -0.2) is 0 Å². The summed E-state index contributed by atoms with van der Waals surface area (Å²) in [6.45, 7) is 4.48. The maximum absolute atomic E-state index is 9.51. The minimum absolute atomic E-state index is 0.408. The van der Waals surface area contributed by atoms with Gasteiger partial charge in [-0.3, -0.25) is 5.32 Å². The summed E-state index contributed by atoms with van der Waals surface area (Å²) in [5, 5.41) is 12.9. The monoisotopic (exact) mass is 250 g/mol. The van der Waals surface area contributed by atoms with Gasteiger partial charge >= 0.3 is 0 Å². The van der Waals surface area contributed by atoms with Crippen LogP contribution in [0.15, 0.2) is 0 Å². The fourth-order valence-electron chi connectivity index (χ4n) is 2.96. The highest BCUT2D eigenvalue weighted by molar-refractivity contribution is 5.15. The predicted octanol–water partition coefficient (Wildman–Crippen LogP) is 2.87. The number of nitrogens with zero attached hydrogens (tertiary/aromatic N) is 1. The molecule has 2 rings (SSSR count). The summed E-state index contributed by atoms with van der Waals surface area (Å²) >= 11 is 0. The average molecular weight is 250 g/mol. The average Bonchev–Trinajstić information content (AvgIpc) is 3.12. The largest absolute Gasteiger partial charge is 0.378 e. The van der Waals surface area contributed by atoms with E-state index < -0.39 is 5.54 Å². The molecule has 1 atom stereocenters. The Bertz CT molecular complexity index is 289. The van der Waals surface area contributed by atoms with Crippen molar-refractivity contribution < 1.29 is 4.74 Å². The highest BCUT2D eigenvalue weighted by Crippen LogP contribution is 2.40. The standard InChI is InChI=1S/C15H26N2O/c1-2-9-17-15(11-16,14-7-8-14)12-18-10-13-5-3-4-6-13/h13-14,17H,2-10,12H2,1H3. The Morgan fingerprint density at radius 1 is 1.28 bits per heavy atom. The Morgan fingerprint density at radius 2 is 2.00 bits per heavy atom. The zero-order valence-corrected chi connectivity index (χ0v) is 11.6. The second-order valence-corrected chi connectivity index (χ2v) is 5.95. The Balaban J connectivity index is 1.78. The van der Waals surface area contributed by atoms with Crippen LogP contribution in [0.2, 0.25) is 0 Å². The fraction of sp³-hybridized carbons (Fsp3) is 0.933. The molecule has 0 aliphatic heterocycles. The van der Waals surface area contributed by atoms with Crippen LogP contribution in [0.1, 0.15) is 51.9 Å². The van der Waals surface area contributed by atoms with E-state index in [1.807, 2.05) is 0 Å². The lowest BCUT2D eigenvalue weighted by Gasteiger charge is -2.28. The van der Waals surface area contributed by atoms with Crippen LogP contribution in [0.5, 0.6) is 0 Å². The molecule has 0 amide bonds. The van der Waals surface area contributed by atoms with Gasteiger partial charge in [0, 0.05) is 6.61 Å². The summed E-state index contributed by atoms with van der Waals surface area (Å²) in [5.74, 6) is 1.25. The number of hydrogen-bond donors (Lipinski definition) is 1. The van der Waals surface area contributed by atoms with Crippen molar-refractivity contribution in [2.45, 2.75) is 57.4 Å². The summed E-state index contributed by atoms with van der Waals surface area (Å²) in [6.07, 6.45) is 8.76. The number of rotatable bonds is 8. The highest BCUT2D eigenvalue weighted by atomic mass is 16.5. The molecule has 0 aromatic rings. The quantitative estimate of drug-likeness (QED) is 0.720. The van der Waals surface area contributed by atoms with E-state index in [1.165, 1.54) is 38.5 Å². The number of nitrogens with one attached hydrogen (secondary N) is 1. The fourth-order valence-corrected chi connectivity index (χ4v) is 2.96. The smallest absolute Gasteiger partial charge is 0.133 e. The lowest BCUT2D eigenvalue weighted by atomic mass is 9.96. The van der Waals surface area contributed by atoms with Crippen LogP contribution in [-0.4, -0.2) is 25.3 Å². The predicted molar refractivity (Wildman–Crippen MR) is 72.1 cm³/mol. The molecule has 2 aliphatic rings. The first-order valence-electron chi connectivity index (χ1n) is 7.55. The zero-order chi connectivity index (χ0) is 12.8. The van der Waals surface area contributed by atoms with Crippen LogP contribution >= 0.6 is 0 Å². The summed E-state index contributed by atoms with van der Waals surface area (Å²) in [4.78, 5) is 0. The molecule has 1 N–H and O–H groups in total. The lowest BCUT2D eigenvalue weighted by Crippen LogP contribution is -2.50. The van der Waals surface area contributed by atoms with Gasteiger partial charge in [0.25, 0.3) is 0 Å². The minimum atomic E-state index is -0.408. The first kappa shape index (κ1) is 13.8. The third-order valence-corrected chi connectivity index (χ3v) is 4.32. The van der Waals surface area contributed by atoms with E-state index in [-0.39, 0.29) is 0 Å². The molecule has 0 aromatic heterocycles. The number of ether oxygens (including phenoxy) is 1. The van der Waals surface area contributed by atoms with Gasteiger partial charge in [0.15, 0.2) is 0 Å². The maximum atomic E-state index is 9.51. The van der Waals surface area contributed by atoms with Crippen molar-refractivity contribution in [2.75, 3.05) is 19.8 Å². The Labute approximate surface area is 111 Å². The van der Waals surface area contributed by atoms with Gasteiger partial charge in [0.2, 0.25) is 0 Å². The summed E-state index contributed by atoms with van der Waals surface area (Å²) in [7, 11) is 0. The normalized spacial score (nSPS) is 23.8. The van der Waals surface area contributed by atoms with Gasteiger partial charge in [-0.2, -0.15) is 5.26 Å². The first-order chi connectivity index (χ1) is 8.80. The van der Waals surface area contributed by atoms with Gasteiger partial charge in [0.1, 0.15) is 5.54 Å². The SMILES string of the molecule is CCCNC(C#N)(COCC1CCCC1)C1CC1. The minimum Gasteiger partial charge on any atom is -0.378 e. The van der Waals surface area contributed by atoms with Crippen molar-refractivity contribution in [2.24, 2.45) is 11.8 Å². The van der Waals surface area contributed by atoms with E-state index in [2.05, 4.69) is 18.3 Å². The van der Waals surface area contributed by atoms with Crippen LogP contribution in [-0.2, 0) is 4.74 Å². The van der Waals surface area contributed by atoms with E-state index in [4.69, 9.17) is 4.74 Å². The van der Waals surface area contributed by atoms with Crippen LogP contribution in [0.4, 0.5) is 0 Å². The van der Waals surface area contributed by atoms with Crippen LogP contribution in [0.3, 0.4) is 0 Å². The van der Waals surface area contributed by atoms with Crippen molar-refractivity contribution in [3.63, 3.8) is 0 Å². The van der Waals surface area contributed by atoms with Crippen molar-refractivity contribution in [1.29, 1.82) is 5.26 Å². The molecule has 0 aromatic carbocycles. The van der Waals surface area contributed by atoms with E-state index >= 15 is 0 Å².